The number of rotatable bonds is 7. The van der Waals surface area contributed by atoms with Crippen molar-refractivity contribution in [2.75, 3.05) is 18.1 Å². The fraction of sp³-hybridized carbons (Fsp3) is 0.368. The number of benzene rings is 1. The van der Waals surface area contributed by atoms with Crippen LogP contribution >= 0.6 is 11.6 Å². The molecule has 2 amide bonds. The van der Waals surface area contributed by atoms with Gasteiger partial charge in [-0.2, -0.15) is 0 Å². The number of nitrogens with zero attached hydrogens (tertiary/aromatic N) is 3. The summed E-state index contributed by atoms with van der Waals surface area (Å²) in [5.74, 6) is -2.57. The molecule has 1 N–H and O–H groups in total. The van der Waals surface area contributed by atoms with Crippen LogP contribution in [0.3, 0.4) is 0 Å². The zero-order valence-electron chi connectivity index (χ0n) is 16.3. The Morgan fingerprint density at radius 2 is 1.88 bits per heavy atom. The van der Waals surface area contributed by atoms with Crippen LogP contribution < -0.4 is 15.0 Å². The minimum absolute atomic E-state index is 0.0977. The van der Waals surface area contributed by atoms with E-state index in [-0.39, 0.29) is 23.9 Å². The van der Waals surface area contributed by atoms with E-state index in [2.05, 4.69) is 20.0 Å². The molecular weight excluding hydrogens is 460 g/mol. The molecule has 8 nitrogen and oxygen atoms in total. The minimum atomic E-state index is -4.93. The third-order valence-electron chi connectivity index (χ3n) is 4.45. The zero-order valence-corrected chi connectivity index (χ0v) is 17.0. The number of halogens is 5. The minimum Gasteiger partial charge on any atom is -0.406 e. The second-order valence-electron chi connectivity index (χ2n) is 6.69. The number of anilines is 1. The molecule has 13 heteroatoms. The lowest BCUT2D eigenvalue weighted by Gasteiger charge is -2.32. The van der Waals surface area contributed by atoms with Crippen molar-refractivity contribution in [3.63, 3.8) is 0 Å². The monoisotopic (exact) mass is 476 g/mol. The molecule has 1 fully saturated rings. The van der Waals surface area contributed by atoms with Gasteiger partial charge in [-0.15, -0.1) is 13.2 Å². The first-order valence-electron chi connectivity index (χ1n) is 9.26. The van der Waals surface area contributed by atoms with Crippen LogP contribution in [-0.2, 0) is 14.3 Å². The SMILES string of the molecule is O=C(N[C@H]1CCOC1)C(c1cncnc1)N(C(=O)[C@H](F)Cl)c1ccc(OC(F)(F)F)cc1. The fourth-order valence-electron chi connectivity index (χ4n) is 3.12. The number of alkyl halides is 5. The molecule has 0 spiro atoms. The summed E-state index contributed by atoms with van der Waals surface area (Å²) in [4.78, 5) is 34.2. The highest BCUT2D eigenvalue weighted by molar-refractivity contribution is 6.32. The number of amides is 2. The topological polar surface area (TPSA) is 93.6 Å². The molecule has 172 valence electrons. The van der Waals surface area contributed by atoms with Gasteiger partial charge in [-0.05, 0) is 30.7 Å². The van der Waals surface area contributed by atoms with E-state index in [9.17, 15) is 27.2 Å². The van der Waals surface area contributed by atoms with Crippen LogP contribution in [0.4, 0.5) is 23.2 Å². The van der Waals surface area contributed by atoms with Crippen molar-refractivity contribution in [2.45, 2.75) is 30.5 Å². The Morgan fingerprint density at radius 1 is 1.22 bits per heavy atom. The maximum Gasteiger partial charge on any atom is 0.573 e. The predicted molar refractivity (Wildman–Crippen MR) is 103 cm³/mol. The molecule has 2 aromatic rings. The fourth-order valence-corrected chi connectivity index (χ4v) is 3.22. The van der Waals surface area contributed by atoms with Gasteiger partial charge in [-0.1, -0.05) is 11.6 Å². The number of hydrogen-bond donors (Lipinski definition) is 1. The second kappa shape index (κ2) is 10.1. The van der Waals surface area contributed by atoms with Crippen LogP contribution in [0.15, 0.2) is 43.0 Å². The molecule has 0 bridgehead atoms. The highest BCUT2D eigenvalue weighted by Gasteiger charge is 2.37. The number of hydrogen-bond acceptors (Lipinski definition) is 6. The summed E-state index contributed by atoms with van der Waals surface area (Å²) in [6.07, 6.45) is -0.693. The molecular formula is C19H17ClF4N4O4. The lowest BCUT2D eigenvalue weighted by molar-refractivity contribution is -0.274. The summed E-state index contributed by atoms with van der Waals surface area (Å²) in [5, 5.41) is 2.71. The average Bonchev–Trinajstić information content (AvgIpc) is 3.24. The van der Waals surface area contributed by atoms with Crippen molar-refractivity contribution in [3.8, 4) is 5.75 Å². The maximum absolute atomic E-state index is 13.9. The van der Waals surface area contributed by atoms with E-state index in [1.807, 2.05) is 0 Å². The third kappa shape index (κ3) is 6.04. The normalized spacial score (nSPS) is 18.0. The van der Waals surface area contributed by atoms with Gasteiger partial charge in [0.2, 0.25) is 5.91 Å². The van der Waals surface area contributed by atoms with Gasteiger partial charge in [-0.3, -0.25) is 14.5 Å². The van der Waals surface area contributed by atoms with Gasteiger partial charge in [0.25, 0.3) is 11.5 Å². The zero-order chi connectivity index (χ0) is 23.3. The summed E-state index contributed by atoms with van der Waals surface area (Å²) in [6, 6.07) is 2.18. The number of ether oxygens (including phenoxy) is 2. The second-order valence-corrected chi connectivity index (χ2v) is 7.08. The van der Waals surface area contributed by atoms with Crippen LogP contribution in [0, 0.1) is 0 Å². The predicted octanol–water partition coefficient (Wildman–Crippen LogP) is 2.89. The summed E-state index contributed by atoms with van der Waals surface area (Å²) >= 11 is 5.38. The molecule has 1 aliphatic heterocycles. The van der Waals surface area contributed by atoms with Crippen molar-refractivity contribution >= 4 is 29.1 Å². The van der Waals surface area contributed by atoms with Gasteiger partial charge >= 0.3 is 6.36 Å². The molecule has 1 aromatic carbocycles. The third-order valence-corrected chi connectivity index (χ3v) is 4.64. The number of nitrogens with one attached hydrogen (secondary N) is 1. The van der Waals surface area contributed by atoms with E-state index in [0.717, 1.165) is 29.2 Å². The molecule has 3 atom stereocenters. The highest BCUT2D eigenvalue weighted by Crippen LogP contribution is 2.32. The highest BCUT2D eigenvalue weighted by atomic mass is 35.5. The molecule has 1 saturated heterocycles. The molecule has 1 unspecified atom stereocenters. The Balaban J connectivity index is 2.00. The summed E-state index contributed by atoms with van der Waals surface area (Å²) in [7, 11) is 0. The van der Waals surface area contributed by atoms with Crippen molar-refractivity contribution in [1.82, 2.24) is 15.3 Å². The molecule has 3 rings (SSSR count). The van der Waals surface area contributed by atoms with Crippen molar-refractivity contribution in [2.24, 2.45) is 0 Å². The van der Waals surface area contributed by atoms with Crippen molar-refractivity contribution < 1.29 is 36.6 Å². The summed E-state index contributed by atoms with van der Waals surface area (Å²) in [6.45, 7) is 0.685. The Labute approximate surface area is 184 Å². The number of carbonyl (C=O) groups excluding carboxylic acids is 2. The Bertz CT molecular complexity index is 925. The molecule has 0 aliphatic carbocycles. The largest absolute Gasteiger partial charge is 0.573 e. The van der Waals surface area contributed by atoms with Gasteiger partial charge in [0.1, 0.15) is 18.1 Å². The van der Waals surface area contributed by atoms with Gasteiger partial charge < -0.3 is 14.8 Å². The lowest BCUT2D eigenvalue weighted by Crippen LogP contribution is -2.48. The van der Waals surface area contributed by atoms with Crippen LogP contribution in [0.2, 0.25) is 0 Å². The van der Waals surface area contributed by atoms with Gasteiger partial charge in [-0.25, -0.2) is 14.4 Å². The Hall–Kier alpha value is -2.99. The quantitative estimate of drug-likeness (QED) is 0.488. The first-order valence-corrected chi connectivity index (χ1v) is 9.69. The first kappa shape index (κ1) is 23.7. The Morgan fingerprint density at radius 3 is 2.41 bits per heavy atom. The molecule has 32 heavy (non-hydrogen) atoms. The van der Waals surface area contributed by atoms with Gasteiger partial charge in [0.05, 0.1) is 12.6 Å². The number of carbonyl (C=O) groups is 2. The first-order chi connectivity index (χ1) is 15.2. The smallest absolute Gasteiger partial charge is 0.406 e. The van der Waals surface area contributed by atoms with Crippen LogP contribution in [0.1, 0.15) is 18.0 Å². The van der Waals surface area contributed by atoms with E-state index >= 15 is 0 Å². The number of aromatic nitrogens is 2. The van der Waals surface area contributed by atoms with E-state index in [1.165, 1.54) is 18.7 Å². The average molecular weight is 477 g/mol. The molecule has 2 heterocycles. The Kier molecular flexibility index (Phi) is 7.46. The molecule has 1 aromatic heterocycles. The molecule has 1 aliphatic rings. The van der Waals surface area contributed by atoms with E-state index < -0.39 is 35.6 Å². The van der Waals surface area contributed by atoms with E-state index in [4.69, 9.17) is 16.3 Å². The van der Waals surface area contributed by atoms with Crippen LogP contribution in [0.25, 0.3) is 0 Å². The van der Waals surface area contributed by atoms with Gasteiger partial charge in [0.15, 0.2) is 0 Å². The van der Waals surface area contributed by atoms with Crippen LogP contribution in [0.5, 0.6) is 5.75 Å². The summed E-state index contributed by atoms with van der Waals surface area (Å²) < 4.78 is 60.3. The molecule has 0 radical (unpaired) electrons. The van der Waals surface area contributed by atoms with Crippen molar-refractivity contribution in [3.05, 3.63) is 48.5 Å². The standard InChI is InChI=1S/C19H17ClF4N4O4/c20-16(21)18(30)28(13-1-3-14(4-2-13)32-19(22,23)24)15(11-7-25-10-26-8-11)17(29)27-12-5-6-31-9-12/h1-4,7-8,10,12,15-16H,5-6,9H2,(H,27,29)/t12-,15?,16-/m0/s1. The van der Waals surface area contributed by atoms with Crippen LogP contribution in [-0.4, -0.2) is 53.0 Å². The maximum atomic E-state index is 13.9. The van der Waals surface area contributed by atoms with E-state index in [1.54, 1.807) is 0 Å². The molecule has 0 saturated carbocycles. The summed E-state index contributed by atoms with van der Waals surface area (Å²) in [5.41, 5.74) is -2.50. The van der Waals surface area contributed by atoms with E-state index in [0.29, 0.717) is 13.0 Å². The van der Waals surface area contributed by atoms with Crippen molar-refractivity contribution in [1.29, 1.82) is 0 Å². The lowest BCUT2D eigenvalue weighted by atomic mass is 10.1. The van der Waals surface area contributed by atoms with Gasteiger partial charge in [0, 0.05) is 30.3 Å².